The zero-order valence-electron chi connectivity index (χ0n) is 7.26. The first-order chi connectivity index (χ1) is 6.52. The summed E-state index contributed by atoms with van der Waals surface area (Å²) in [6.07, 6.45) is 0. The number of halogens is 1. The first-order valence-electron chi connectivity index (χ1n) is 3.30. The van der Waals surface area contributed by atoms with Crippen molar-refractivity contribution < 1.29 is 36.4 Å². The molecule has 1 aromatic rings. The van der Waals surface area contributed by atoms with Crippen molar-refractivity contribution in [2.24, 2.45) is 0 Å². The second kappa shape index (κ2) is 10.4. The van der Waals surface area contributed by atoms with Crippen LogP contribution in [0.3, 0.4) is 0 Å². The zero-order valence-corrected chi connectivity index (χ0v) is 10.7. The summed E-state index contributed by atoms with van der Waals surface area (Å²) < 4.78 is 19.2. The molecule has 9 heteroatoms. The third-order valence-electron chi connectivity index (χ3n) is 0.909. The molecule has 2 atom stereocenters. The number of phenols is 1. The van der Waals surface area contributed by atoms with Crippen LogP contribution in [-0.2, 0) is 9.13 Å². The minimum Gasteiger partial charge on any atom is -1.00 e. The summed E-state index contributed by atoms with van der Waals surface area (Å²) >= 11 is 0. The van der Waals surface area contributed by atoms with E-state index in [0.717, 1.165) is 0 Å². The molecule has 1 aromatic carbocycles. The molecule has 84 valence electrons. The van der Waals surface area contributed by atoms with Gasteiger partial charge in [-0.2, -0.15) is 0 Å². The third kappa shape index (κ3) is 13.9. The Bertz CT molecular complexity index is 409. The molecule has 0 saturated heterocycles. The summed E-state index contributed by atoms with van der Waals surface area (Å²) in [6, 6.07) is 8.71. The fourth-order valence-electron chi connectivity index (χ4n) is 0.493. The maximum Gasteiger partial charge on any atom is 0.115 e. The molecule has 1 rings (SSSR count). The number of rotatable bonds is 0. The molecule has 0 aliphatic carbocycles. The summed E-state index contributed by atoms with van der Waals surface area (Å²) in [7, 11) is -5.20. The van der Waals surface area contributed by atoms with Crippen molar-refractivity contribution in [1.82, 2.24) is 0 Å². The fraction of sp³-hybridized carbons (Fsp3) is 0. The van der Waals surface area contributed by atoms with E-state index in [1.54, 1.807) is 24.3 Å². The van der Waals surface area contributed by atoms with Crippen LogP contribution in [-0.4, -0.2) is 14.9 Å². The van der Waals surface area contributed by atoms with Gasteiger partial charge >= 0.3 is 40.7 Å². The Morgan fingerprint density at radius 3 is 1.53 bits per heavy atom. The van der Waals surface area contributed by atoms with Gasteiger partial charge in [0.05, 0.1) is 0 Å². The molecule has 0 spiro atoms. The third-order valence-corrected chi connectivity index (χ3v) is 4.89. The van der Waals surface area contributed by atoms with Gasteiger partial charge in [-0.15, -0.1) is 0 Å². The second-order valence-corrected chi connectivity index (χ2v) is 7.32. The van der Waals surface area contributed by atoms with Crippen molar-refractivity contribution in [3.63, 3.8) is 0 Å². The molecule has 0 radical (unpaired) electrons. The predicted octanol–water partition coefficient (Wildman–Crippen LogP) is -0.372. The Kier molecular flexibility index (Phi) is 11.9. The Hall–Kier alpha value is -0.140. The fourth-order valence-corrected chi connectivity index (χ4v) is 2.20. The zero-order chi connectivity index (χ0) is 11.0. The Morgan fingerprint density at radius 2 is 1.40 bits per heavy atom. The van der Waals surface area contributed by atoms with E-state index in [0.29, 0.717) is 5.75 Å². The average molecular weight is 289 g/mol. The molecule has 0 amide bonds. The molecule has 0 aromatic heterocycles. The van der Waals surface area contributed by atoms with Gasteiger partial charge in [-0.1, -0.05) is 18.2 Å². The molecule has 0 fully saturated rings. The number of hydrogen-bond acceptors (Lipinski definition) is 3. The molecule has 0 bridgehead atoms. The number of para-hydroxylation sites is 1. The van der Waals surface area contributed by atoms with Crippen molar-refractivity contribution in [3.8, 4) is 5.75 Å². The Balaban J connectivity index is 0. The van der Waals surface area contributed by atoms with E-state index in [-0.39, 0.29) is 19.6 Å². The summed E-state index contributed by atoms with van der Waals surface area (Å²) in [5.41, 5.74) is 0. The molecule has 5 nitrogen and oxygen atoms in total. The summed E-state index contributed by atoms with van der Waals surface area (Å²) in [5.74, 6) is 0.322. The maximum atomic E-state index is 9.60. The van der Waals surface area contributed by atoms with Crippen LogP contribution in [0.5, 0.6) is 5.75 Å². The first kappa shape index (κ1) is 17.3. The van der Waals surface area contributed by atoms with Crippen LogP contribution >= 0.6 is 21.8 Å². The maximum absolute atomic E-state index is 9.60. The Labute approximate surface area is 94.7 Å². The SMILES string of the molecule is O=P(O)=[P+]=P(=O)O.Oc1ccccc1.[Cl-]. The van der Waals surface area contributed by atoms with Gasteiger partial charge in [0.2, 0.25) is 0 Å². The van der Waals surface area contributed by atoms with E-state index in [4.69, 9.17) is 14.9 Å². The molecular formula is C6H8ClO5P3. The van der Waals surface area contributed by atoms with Gasteiger partial charge in [0.25, 0.3) is 0 Å². The summed E-state index contributed by atoms with van der Waals surface area (Å²) in [5, 5.41) is 8.63. The topological polar surface area (TPSA) is 94.8 Å². The molecule has 15 heavy (non-hydrogen) atoms. The number of benzene rings is 1. The van der Waals surface area contributed by atoms with Crippen LogP contribution in [0.4, 0.5) is 0 Å². The van der Waals surface area contributed by atoms with Gasteiger partial charge in [0.1, 0.15) is 5.75 Å². The summed E-state index contributed by atoms with van der Waals surface area (Å²) in [4.78, 5) is 15.8. The minimum absolute atomic E-state index is 0. The van der Waals surface area contributed by atoms with Crippen LogP contribution in [0.2, 0.25) is 0 Å². The number of aromatic hydroxyl groups is 1. The van der Waals surface area contributed by atoms with E-state index in [2.05, 4.69) is 0 Å². The molecular weight excluding hydrogens is 280 g/mol. The number of hydrogen-bond donors (Lipinski definition) is 3. The van der Waals surface area contributed by atoms with Crippen molar-refractivity contribution >= 4 is 21.8 Å². The van der Waals surface area contributed by atoms with Crippen molar-refractivity contribution in [2.45, 2.75) is 0 Å². The summed E-state index contributed by atoms with van der Waals surface area (Å²) in [6.45, 7) is 0. The Morgan fingerprint density at radius 1 is 1.00 bits per heavy atom. The van der Waals surface area contributed by atoms with E-state index in [9.17, 15) is 9.13 Å². The van der Waals surface area contributed by atoms with Gasteiger partial charge < -0.3 is 17.5 Å². The van der Waals surface area contributed by atoms with Crippen molar-refractivity contribution in [3.05, 3.63) is 30.3 Å². The standard InChI is InChI=1S/C6H6O.ClH.HO4P3/c7-6-4-2-1-3-5-6;;1-6(2)5-7(3)4/h1-5,7H;1H;(H-,1,2,3,4). The minimum atomic E-state index is -2.45. The molecule has 0 aliphatic heterocycles. The van der Waals surface area contributed by atoms with Crippen molar-refractivity contribution in [1.29, 1.82) is 0 Å². The second-order valence-electron chi connectivity index (χ2n) is 1.93. The van der Waals surface area contributed by atoms with Gasteiger partial charge in [-0.25, -0.2) is 0 Å². The van der Waals surface area contributed by atoms with Crippen LogP contribution in [0, 0.1) is 0 Å². The predicted molar refractivity (Wildman–Crippen MR) is 54.7 cm³/mol. The van der Waals surface area contributed by atoms with Crippen LogP contribution in [0.25, 0.3) is 0 Å². The first-order valence-corrected chi connectivity index (χ1v) is 8.03. The number of phenolic OH excluding ortho intramolecular Hbond substituents is 1. The van der Waals surface area contributed by atoms with E-state index < -0.39 is 14.6 Å². The van der Waals surface area contributed by atoms with E-state index in [1.807, 2.05) is 6.07 Å². The van der Waals surface area contributed by atoms with Crippen molar-refractivity contribution in [2.75, 3.05) is 0 Å². The molecule has 0 aliphatic rings. The van der Waals surface area contributed by atoms with Gasteiger partial charge in [0.15, 0.2) is 0 Å². The largest absolute Gasteiger partial charge is 1.00 e. The van der Waals surface area contributed by atoms with E-state index in [1.165, 1.54) is 0 Å². The van der Waals surface area contributed by atoms with Crippen LogP contribution < -0.4 is 12.4 Å². The molecule has 0 saturated carbocycles. The molecule has 0 heterocycles. The monoisotopic (exact) mass is 288 g/mol. The quantitative estimate of drug-likeness (QED) is 0.566. The molecule has 3 N–H and O–H groups in total. The normalized spacial score (nSPS) is 10.0. The average Bonchev–Trinajstić information content (AvgIpc) is 2.03. The van der Waals surface area contributed by atoms with Gasteiger partial charge in [-0.3, -0.25) is 0 Å². The smallest absolute Gasteiger partial charge is 0.115 e. The van der Waals surface area contributed by atoms with E-state index >= 15 is 0 Å². The van der Waals surface area contributed by atoms with Gasteiger partial charge in [-0.05, 0) is 12.1 Å². The van der Waals surface area contributed by atoms with Gasteiger partial charge in [0, 0.05) is 0 Å². The van der Waals surface area contributed by atoms with Crippen LogP contribution in [0.1, 0.15) is 0 Å². The molecule has 2 unspecified atom stereocenters. The van der Waals surface area contributed by atoms with Crippen LogP contribution in [0.15, 0.2) is 30.3 Å².